The zero-order valence-electron chi connectivity index (χ0n) is 23.6. The predicted octanol–water partition coefficient (Wildman–Crippen LogP) is 3.44. The van der Waals surface area contributed by atoms with Gasteiger partial charge in [0.15, 0.2) is 0 Å². The second-order valence-electron chi connectivity index (χ2n) is 12.2. The summed E-state index contributed by atoms with van der Waals surface area (Å²) in [5.74, 6) is 0.159. The molecule has 1 saturated heterocycles. The van der Waals surface area contributed by atoms with E-state index in [4.69, 9.17) is 4.74 Å². The number of β-amino-alcohol motifs (C(OH)–C–C–N with tert-alkyl or cyclic N) is 1. The summed E-state index contributed by atoms with van der Waals surface area (Å²) in [4.78, 5) is 20.3. The molecule has 1 spiro atoms. The van der Waals surface area contributed by atoms with E-state index in [1.54, 1.807) is 0 Å². The van der Waals surface area contributed by atoms with Crippen molar-refractivity contribution >= 4 is 11.6 Å². The first-order valence-electron chi connectivity index (χ1n) is 14.9. The van der Waals surface area contributed by atoms with Crippen molar-refractivity contribution in [2.24, 2.45) is 5.41 Å². The van der Waals surface area contributed by atoms with Crippen molar-refractivity contribution in [3.05, 3.63) is 64.7 Å². The molecule has 4 aliphatic rings. The number of carbonyl (C=O) groups is 1. The molecular formula is C32H44N4O3. The first kappa shape index (κ1) is 26.8. The summed E-state index contributed by atoms with van der Waals surface area (Å²) in [6.45, 7) is 8.78. The number of rotatable bonds is 6. The normalized spacial score (nSPS) is 24.0. The molecule has 0 bridgehead atoms. The van der Waals surface area contributed by atoms with Gasteiger partial charge in [-0.3, -0.25) is 9.69 Å². The number of ether oxygens (including phenoxy) is 1. The molecule has 6 rings (SSSR count). The fourth-order valence-electron chi connectivity index (χ4n) is 7.30. The summed E-state index contributed by atoms with van der Waals surface area (Å²) in [5, 5.41) is 14.7. The number of fused-ring (bicyclic) bond motifs is 2. The number of amides is 1. The summed E-state index contributed by atoms with van der Waals surface area (Å²) in [7, 11) is 1.81. The number of aliphatic hydroxyl groups is 1. The van der Waals surface area contributed by atoms with Crippen LogP contribution >= 0.6 is 0 Å². The van der Waals surface area contributed by atoms with Crippen molar-refractivity contribution in [1.82, 2.24) is 15.1 Å². The van der Waals surface area contributed by atoms with Gasteiger partial charge in [-0.05, 0) is 73.3 Å². The molecule has 0 radical (unpaired) electrons. The van der Waals surface area contributed by atoms with Crippen molar-refractivity contribution in [1.29, 1.82) is 0 Å². The van der Waals surface area contributed by atoms with Gasteiger partial charge in [0.25, 0.3) is 5.91 Å². The number of hydrogen-bond donors (Lipinski definition) is 2. The Bertz CT molecular complexity index is 1170. The minimum Gasteiger partial charge on any atom is -0.390 e. The van der Waals surface area contributed by atoms with E-state index in [0.717, 1.165) is 83.5 Å². The van der Waals surface area contributed by atoms with E-state index < -0.39 is 6.10 Å². The topological polar surface area (TPSA) is 68.3 Å². The van der Waals surface area contributed by atoms with Gasteiger partial charge in [0, 0.05) is 76.8 Å². The Morgan fingerprint density at radius 3 is 2.59 bits per heavy atom. The number of aliphatic hydroxyl groups excluding tert-OH is 1. The summed E-state index contributed by atoms with van der Waals surface area (Å²) in [6.07, 6.45) is 5.29. The highest BCUT2D eigenvalue weighted by Gasteiger charge is 2.46. The molecule has 0 aromatic heterocycles. The quantitative estimate of drug-likeness (QED) is 0.594. The number of nitrogens with one attached hydrogen (secondary N) is 1. The highest BCUT2D eigenvalue weighted by Crippen LogP contribution is 2.50. The number of likely N-dealkylation sites (N-methyl/N-ethyl adjacent to an activating group) is 1. The highest BCUT2D eigenvalue weighted by atomic mass is 16.5. The van der Waals surface area contributed by atoms with Gasteiger partial charge in [-0.15, -0.1) is 0 Å². The van der Waals surface area contributed by atoms with Crippen LogP contribution in [-0.2, 0) is 24.2 Å². The average Bonchev–Trinajstić information content (AvgIpc) is 3.13. The van der Waals surface area contributed by atoms with Gasteiger partial charge >= 0.3 is 0 Å². The average molecular weight is 533 g/mol. The summed E-state index contributed by atoms with van der Waals surface area (Å²) < 4.78 is 5.51. The number of anilines is 1. The molecule has 2 atom stereocenters. The second kappa shape index (κ2) is 11.2. The number of piperidine rings is 1. The van der Waals surface area contributed by atoms with Crippen LogP contribution in [0, 0.1) is 5.41 Å². The van der Waals surface area contributed by atoms with Gasteiger partial charge in [0.1, 0.15) is 0 Å². The van der Waals surface area contributed by atoms with Crippen LogP contribution in [0.5, 0.6) is 0 Å². The van der Waals surface area contributed by atoms with E-state index in [0.29, 0.717) is 18.1 Å². The molecule has 2 aromatic carbocycles. The number of hydrogen-bond acceptors (Lipinski definition) is 6. The summed E-state index contributed by atoms with van der Waals surface area (Å²) in [6, 6.07) is 14.9. The second-order valence-corrected chi connectivity index (χ2v) is 12.2. The third-order valence-corrected chi connectivity index (χ3v) is 9.92. The SMILES string of the molecule is CCN1CCN(CC(O)[C@@H]2Cc3ccccc3CN2)Cc2ccc(C(=O)N3CCC4(CC3)CC(OC)C4)cc21. The lowest BCUT2D eigenvalue weighted by Crippen LogP contribution is -2.50. The van der Waals surface area contributed by atoms with Crippen LogP contribution in [0.1, 0.15) is 59.7 Å². The lowest BCUT2D eigenvalue weighted by atomic mass is 9.61. The first-order valence-corrected chi connectivity index (χ1v) is 14.9. The van der Waals surface area contributed by atoms with Gasteiger partial charge in [-0.1, -0.05) is 30.3 Å². The highest BCUT2D eigenvalue weighted by molar-refractivity contribution is 5.95. The van der Waals surface area contributed by atoms with Crippen molar-refractivity contribution < 1.29 is 14.6 Å². The Balaban J connectivity index is 1.10. The molecule has 210 valence electrons. The molecule has 39 heavy (non-hydrogen) atoms. The van der Waals surface area contributed by atoms with E-state index in [2.05, 4.69) is 63.3 Å². The molecule has 2 aromatic rings. The fraction of sp³-hybridized carbons (Fsp3) is 0.594. The van der Waals surface area contributed by atoms with Crippen LogP contribution in [0.3, 0.4) is 0 Å². The van der Waals surface area contributed by atoms with Crippen molar-refractivity contribution in [3.63, 3.8) is 0 Å². The van der Waals surface area contributed by atoms with Gasteiger partial charge in [-0.2, -0.15) is 0 Å². The Kier molecular flexibility index (Phi) is 7.68. The van der Waals surface area contributed by atoms with E-state index in [-0.39, 0.29) is 11.9 Å². The maximum absolute atomic E-state index is 13.5. The molecule has 2 N–H and O–H groups in total. The van der Waals surface area contributed by atoms with E-state index >= 15 is 0 Å². The summed E-state index contributed by atoms with van der Waals surface area (Å²) in [5.41, 5.74) is 6.27. The lowest BCUT2D eigenvalue weighted by Gasteiger charge is -2.51. The van der Waals surface area contributed by atoms with E-state index in [1.165, 1.54) is 22.4 Å². The number of carbonyl (C=O) groups excluding carboxylic acids is 1. The molecule has 1 aliphatic carbocycles. The smallest absolute Gasteiger partial charge is 0.253 e. The monoisotopic (exact) mass is 532 g/mol. The number of benzene rings is 2. The lowest BCUT2D eigenvalue weighted by molar-refractivity contribution is -0.0841. The molecule has 7 nitrogen and oxygen atoms in total. The van der Waals surface area contributed by atoms with Crippen LogP contribution in [0.15, 0.2) is 42.5 Å². The van der Waals surface area contributed by atoms with Crippen molar-refractivity contribution in [3.8, 4) is 0 Å². The molecule has 2 fully saturated rings. The Hall–Kier alpha value is -2.45. The Morgan fingerprint density at radius 1 is 1.08 bits per heavy atom. The zero-order chi connectivity index (χ0) is 27.0. The molecule has 1 unspecified atom stereocenters. The fourth-order valence-corrected chi connectivity index (χ4v) is 7.30. The summed E-state index contributed by atoms with van der Waals surface area (Å²) >= 11 is 0. The number of methoxy groups -OCH3 is 1. The molecule has 1 amide bonds. The minimum absolute atomic E-state index is 0.0638. The van der Waals surface area contributed by atoms with Gasteiger partial charge in [0.05, 0.1) is 12.2 Å². The van der Waals surface area contributed by atoms with Crippen LogP contribution in [0.2, 0.25) is 0 Å². The van der Waals surface area contributed by atoms with E-state index in [9.17, 15) is 9.90 Å². The molecule has 3 aliphatic heterocycles. The van der Waals surface area contributed by atoms with Crippen LogP contribution in [0.25, 0.3) is 0 Å². The standard InChI is InChI=1S/C32H44N4O3/c1-3-35-15-14-34(22-30(37)28-16-23-6-4-5-7-25(23)20-33-28)21-26-9-8-24(17-29(26)35)31(38)36-12-10-32(11-13-36)18-27(19-32)39-2/h4-9,17,27-28,30,33,37H,3,10-16,18-22H2,1-2H3/t28-,30?/m0/s1. The molecule has 1 saturated carbocycles. The molecule has 7 heteroatoms. The predicted molar refractivity (Wildman–Crippen MR) is 154 cm³/mol. The van der Waals surface area contributed by atoms with Crippen LogP contribution in [-0.4, -0.2) is 85.4 Å². The molecular weight excluding hydrogens is 488 g/mol. The van der Waals surface area contributed by atoms with Gasteiger partial charge in [0.2, 0.25) is 0 Å². The maximum atomic E-state index is 13.5. The largest absolute Gasteiger partial charge is 0.390 e. The van der Waals surface area contributed by atoms with Gasteiger partial charge in [-0.25, -0.2) is 0 Å². The first-order chi connectivity index (χ1) is 19.0. The number of likely N-dealkylation sites (tertiary alicyclic amines) is 1. The third kappa shape index (κ3) is 5.47. The third-order valence-electron chi connectivity index (χ3n) is 9.92. The van der Waals surface area contributed by atoms with Gasteiger partial charge < -0.3 is 25.0 Å². The minimum atomic E-state index is -0.437. The van der Waals surface area contributed by atoms with Crippen molar-refractivity contribution in [2.75, 3.05) is 51.3 Å². The van der Waals surface area contributed by atoms with Crippen molar-refractivity contribution in [2.45, 2.75) is 70.4 Å². The Morgan fingerprint density at radius 2 is 1.85 bits per heavy atom. The van der Waals surface area contributed by atoms with Crippen LogP contribution < -0.4 is 10.2 Å². The maximum Gasteiger partial charge on any atom is 0.253 e. The zero-order valence-corrected chi connectivity index (χ0v) is 23.6. The molecule has 3 heterocycles. The van der Waals surface area contributed by atoms with Crippen LogP contribution in [0.4, 0.5) is 5.69 Å². The Labute approximate surface area is 233 Å². The number of nitrogens with zero attached hydrogens (tertiary/aromatic N) is 3. The van der Waals surface area contributed by atoms with E-state index in [1.807, 2.05) is 13.2 Å².